The number of aromatic amines is 1. The number of benzene rings is 1. The average Bonchev–Trinajstić information content (AvgIpc) is 2.97. The lowest BCUT2D eigenvalue weighted by Gasteiger charge is -2.39. The second kappa shape index (κ2) is 7.04. The normalized spacial score (nSPS) is 20.8. The smallest absolute Gasteiger partial charge is 0.233 e. The maximum atomic E-state index is 12.6. The van der Waals surface area contributed by atoms with Crippen LogP contribution in [-0.2, 0) is 4.79 Å². The molecule has 0 saturated carbocycles. The van der Waals surface area contributed by atoms with Crippen molar-refractivity contribution in [3.8, 4) is 0 Å². The van der Waals surface area contributed by atoms with E-state index in [2.05, 4.69) is 34.0 Å². The number of thioether (sulfide) groups is 1. The van der Waals surface area contributed by atoms with E-state index in [-0.39, 0.29) is 5.91 Å². The maximum Gasteiger partial charge on any atom is 0.233 e. The van der Waals surface area contributed by atoms with Gasteiger partial charge in [0.05, 0.1) is 5.75 Å². The Hall–Kier alpha value is -1.86. The number of aromatic nitrogens is 4. The zero-order valence-corrected chi connectivity index (χ0v) is 16.3. The molecule has 3 heterocycles. The number of carbonyl (C=O) groups is 1. The van der Waals surface area contributed by atoms with Crippen LogP contribution in [0.25, 0.3) is 22.1 Å². The molecule has 1 fully saturated rings. The number of rotatable bonds is 3. The molecule has 0 radical (unpaired) electrons. The van der Waals surface area contributed by atoms with Gasteiger partial charge in [0.1, 0.15) is 5.52 Å². The zero-order valence-electron chi connectivity index (χ0n) is 14.7. The fourth-order valence-corrected chi connectivity index (χ4v) is 4.53. The van der Waals surface area contributed by atoms with Crippen LogP contribution in [0.4, 0.5) is 0 Å². The Morgan fingerprint density at radius 1 is 1.31 bits per heavy atom. The highest BCUT2D eigenvalue weighted by Gasteiger charge is 2.28. The summed E-state index contributed by atoms with van der Waals surface area (Å²) in [4.78, 5) is 22.4. The van der Waals surface area contributed by atoms with Gasteiger partial charge in [-0.2, -0.15) is 0 Å². The second-order valence-electron chi connectivity index (χ2n) is 6.83. The van der Waals surface area contributed by atoms with Gasteiger partial charge in [0.15, 0.2) is 5.65 Å². The fraction of sp³-hybridized carbons (Fsp3) is 0.444. The van der Waals surface area contributed by atoms with Gasteiger partial charge in [0.25, 0.3) is 0 Å². The quantitative estimate of drug-likeness (QED) is 0.684. The van der Waals surface area contributed by atoms with Crippen molar-refractivity contribution in [2.45, 2.75) is 50.4 Å². The van der Waals surface area contributed by atoms with Crippen LogP contribution < -0.4 is 0 Å². The molecule has 3 aromatic rings. The largest absolute Gasteiger partial charge is 0.338 e. The van der Waals surface area contributed by atoms with Crippen LogP contribution in [-0.4, -0.2) is 48.8 Å². The highest BCUT2D eigenvalue weighted by molar-refractivity contribution is 7.99. The third kappa shape index (κ3) is 3.25. The monoisotopic (exact) mass is 389 g/mol. The van der Waals surface area contributed by atoms with Crippen molar-refractivity contribution < 1.29 is 4.79 Å². The van der Waals surface area contributed by atoms with E-state index in [1.165, 1.54) is 18.2 Å². The molecule has 1 amide bonds. The molecule has 2 atom stereocenters. The van der Waals surface area contributed by atoms with Crippen molar-refractivity contribution in [1.82, 2.24) is 25.1 Å². The zero-order chi connectivity index (χ0) is 18.3. The molecule has 0 bridgehead atoms. The van der Waals surface area contributed by atoms with Gasteiger partial charge in [-0.3, -0.25) is 4.79 Å². The van der Waals surface area contributed by atoms with Gasteiger partial charge >= 0.3 is 0 Å². The molecule has 8 heteroatoms. The first-order chi connectivity index (χ1) is 12.5. The summed E-state index contributed by atoms with van der Waals surface area (Å²) in [6.45, 7) is 4.25. The molecule has 1 saturated heterocycles. The number of fused-ring (bicyclic) bond motifs is 3. The first kappa shape index (κ1) is 17.5. The lowest BCUT2D eigenvalue weighted by atomic mass is 9.98. The molecule has 26 heavy (non-hydrogen) atoms. The number of nitrogens with one attached hydrogen (secondary N) is 1. The van der Waals surface area contributed by atoms with Crippen molar-refractivity contribution in [3.63, 3.8) is 0 Å². The molecule has 2 unspecified atom stereocenters. The number of amides is 1. The van der Waals surface area contributed by atoms with Gasteiger partial charge in [0, 0.05) is 28.0 Å². The van der Waals surface area contributed by atoms with Crippen molar-refractivity contribution in [3.05, 3.63) is 23.2 Å². The molecule has 4 rings (SSSR count). The van der Waals surface area contributed by atoms with Crippen molar-refractivity contribution in [1.29, 1.82) is 0 Å². The summed E-state index contributed by atoms with van der Waals surface area (Å²) < 4.78 is 0. The molecular weight excluding hydrogens is 370 g/mol. The number of piperidine rings is 1. The minimum absolute atomic E-state index is 0.141. The molecule has 136 valence electrons. The Morgan fingerprint density at radius 3 is 2.85 bits per heavy atom. The molecule has 2 aromatic heterocycles. The number of hydrogen-bond donors (Lipinski definition) is 1. The SMILES string of the molecule is CC1CCCC(C)N1C(=O)CSc1nnc2c(n1)[nH]c1ccc(Cl)cc12. The highest BCUT2D eigenvalue weighted by Crippen LogP contribution is 2.27. The van der Waals surface area contributed by atoms with Gasteiger partial charge in [-0.1, -0.05) is 23.4 Å². The molecule has 0 spiro atoms. The predicted molar refractivity (Wildman–Crippen MR) is 105 cm³/mol. The minimum atomic E-state index is 0.141. The van der Waals surface area contributed by atoms with Gasteiger partial charge in [0.2, 0.25) is 11.1 Å². The molecule has 1 aliphatic heterocycles. The fourth-order valence-electron chi connectivity index (χ4n) is 3.70. The number of likely N-dealkylation sites (tertiary alicyclic amines) is 1. The van der Waals surface area contributed by atoms with Gasteiger partial charge in [-0.25, -0.2) is 4.98 Å². The van der Waals surface area contributed by atoms with E-state index in [1.54, 1.807) is 0 Å². The van der Waals surface area contributed by atoms with Crippen LogP contribution in [0.2, 0.25) is 5.02 Å². The molecular formula is C18H20ClN5OS. The lowest BCUT2D eigenvalue weighted by Crippen LogP contribution is -2.48. The van der Waals surface area contributed by atoms with Crippen molar-refractivity contribution in [2.24, 2.45) is 0 Å². The van der Waals surface area contributed by atoms with Crippen LogP contribution in [0.3, 0.4) is 0 Å². The summed E-state index contributed by atoms with van der Waals surface area (Å²) in [6.07, 6.45) is 3.33. The second-order valence-corrected chi connectivity index (χ2v) is 8.20. The first-order valence-corrected chi connectivity index (χ1v) is 10.1. The molecule has 6 nitrogen and oxygen atoms in total. The number of nitrogens with zero attached hydrogens (tertiary/aromatic N) is 4. The highest BCUT2D eigenvalue weighted by atomic mass is 35.5. The Kier molecular flexibility index (Phi) is 4.75. The summed E-state index contributed by atoms with van der Waals surface area (Å²) in [6, 6.07) is 6.17. The summed E-state index contributed by atoms with van der Waals surface area (Å²) in [5, 5.41) is 10.5. The molecule has 1 N–H and O–H groups in total. The third-order valence-corrected chi connectivity index (χ3v) is 6.02. The van der Waals surface area contributed by atoms with Crippen LogP contribution >= 0.6 is 23.4 Å². The van der Waals surface area contributed by atoms with E-state index >= 15 is 0 Å². The van der Waals surface area contributed by atoms with E-state index in [9.17, 15) is 4.79 Å². The van der Waals surface area contributed by atoms with E-state index in [0.717, 1.165) is 23.7 Å². The Labute approximate surface area is 160 Å². The molecule has 1 aliphatic rings. The Morgan fingerprint density at radius 2 is 2.08 bits per heavy atom. The number of H-pyrrole nitrogens is 1. The van der Waals surface area contributed by atoms with Crippen LogP contribution in [0.1, 0.15) is 33.1 Å². The van der Waals surface area contributed by atoms with E-state index in [1.807, 2.05) is 23.1 Å². The molecule has 0 aliphatic carbocycles. The summed E-state index contributed by atoms with van der Waals surface area (Å²) >= 11 is 7.39. The standard InChI is InChI=1S/C18H20ClN5OS/c1-10-4-3-5-11(2)24(10)15(25)9-26-18-21-17-16(22-23-18)13-8-12(19)6-7-14(13)20-17/h6-8,10-11H,3-5,9H2,1-2H3,(H,20,21,23). The van der Waals surface area contributed by atoms with Crippen molar-refractivity contribution >= 4 is 51.3 Å². The van der Waals surface area contributed by atoms with Crippen LogP contribution in [0.15, 0.2) is 23.4 Å². The topological polar surface area (TPSA) is 74.8 Å². The van der Waals surface area contributed by atoms with Gasteiger partial charge < -0.3 is 9.88 Å². The van der Waals surface area contributed by atoms with Crippen molar-refractivity contribution in [2.75, 3.05) is 5.75 Å². The first-order valence-electron chi connectivity index (χ1n) is 8.78. The summed E-state index contributed by atoms with van der Waals surface area (Å²) in [5.41, 5.74) is 2.27. The van der Waals surface area contributed by atoms with E-state index in [0.29, 0.717) is 39.2 Å². The predicted octanol–water partition coefficient (Wildman–Crippen LogP) is 4.04. The number of hydrogen-bond acceptors (Lipinski definition) is 5. The molecule has 1 aromatic carbocycles. The van der Waals surface area contributed by atoms with E-state index in [4.69, 9.17) is 11.6 Å². The summed E-state index contributed by atoms with van der Waals surface area (Å²) in [7, 11) is 0. The third-order valence-electron chi connectivity index (χ3n) is 4.96. The van der Waals surface area contributed by atoms with Crippen LogP contribution in [0, 0.1) is 0 Å². The lowest BCUT2D eigenvalue weighted by molar-refractivity contribution is -0.134. The Balaban J connectivity index is 1.52. The van der Waals surface area contributed by atoms with Gasteiger partial charge in [-0.15, -0.1) is 10.2 Å². The summed E-state index contributed by atoms with van der Waals surface area (Å²) in [5.74, 6) is 0.468. The van der Waals surface area contributed by atoms with Crippen LogP contribution in [0.5, 0.6) is 0 Å². The Bertz CT molecular complexity index is 965. The van der Waals surface area contributed by atoms with Gasteiger partial charge in [-0.05, 0) is 51.3 Å². The number of halogens is 1. The van der Waals surface area contributed by atoms with E-state index < -0.39 is 0 Å². The number of carbonyl (C=O) groups excluding carboxylic acids is 1. The maximum absolute atomic E-state index is 12.6. The average molecular weight is 390 g/mol. The minimum Gasteiger partial charge on any atom is -0.338 e.